The molecule has 0 unspecified atom stereocenters. The summed E-state index contributed by atoms with van der Waals surface area (Å²) in [5, 5.41) is 15.4. The van der Waals surface area contributed by atoms with E-state index in [-0.39, 0.29) is 18.4 Å². The molecule has 0 saturated heterocycles. The van der Waals surface area contributed by atoms with Crippen molar-refractivity contribution >= 4 is 0 Å². The van der Waals surface area contributed by atoms with Crippen molar-refractivity contribution in [2.45, 2.75) is 46.1 Å². The number of aliphatic hydroxyl groups excluding tert-OH is 1. The summed E-state index contributed by atoms with van der Waals surface area (Å²) in [4.78, 5) is 2.09. The van der Waals surface area contributed by atoms with E-state index in [1.165, 1.54) is 6.07 Å². The lowest BCUT2D eigenvalue weighted by Gasteiger charge is -2.29. The van der Waals surface area contributed by atoms with Gasteiger partial charge in [-0.15, -0.1) is 0 Å². The Morgan fingerprint density at radius 3 is 2.32 bits per heavy atom. The van der Waals surface area contributed by atoms with Gasteiger partial charge in [-0.1, -0.05) is 48.5 Å². The van der Waals surface area contributed by atoms with E-state index < -0.39 is 17.7 Å². The van der Waals surface area contributed by atoms with E-state index in [4.69, 9.17) is 9.47 Å². The van der Waals surface area contributed by atoms with Gasteiger partial charge in [-0.3, -0.25) is 4.90 Å². The molecule has 0 aliphatic carbocycles. The van der Waals surface area contributed by atoms with Crippen LogP contribution in [0, 0.1) is 18.6 Å². The Morgan fingerprint density at radius 2 is 1.66 bits per heavy atom. The summed E-state index contributed by atoms with van der Waals surface area (Å²) in [6, 6.07) is 22.5. The summed E-state index contributed by atoms with van der Waals surface area (Å²) in [7, 11) is 0. The first-order valence-electron chi connectivity index (χ1n) is 12.6. The molecule has 200 valence electrons. The van der Waals surface area contributed by atoms with Gasteiger partial charge in [0.05, 0.1) is 36.3 Å². The van der Waals surface area contributed by atoms with E-state index in [0.29, 0.717) is 31.3 Å². The third-order valence-corrected chi connectivity index (χ3v) is 6.20. The van der Waals surface area contributed by atoms with Gasteiger partial charge in [0, 0.05) is 25.2 Å². The molecule has 0 radical (unpaired) electrons. The average molecular weight is 522 g/mol. The predicted octanol–water partition coefficient (Wildman–Crippen LogP) is 6.04. The van der Waals surface area contributed by atoms with Crippen LogP contribution in [-0.2, 0) is 17.9 Å². The van der Waals surface area contributed by atoms with Crippen molar-refractivity contribution in [2.75, 3.05) is 13.2 Å². The van der Waals surface area contributed by atoms with Crippen molar-refractivity contribution in [2.24, 2.45) is 0 Å². The van der Waals surface area contributed by atoms with Gasteiger partial charge >= 0.3 is 0 Å². The average Bonchev–Trinajstić information content (AvgIpc) is 3.21. The van der Waals surface area contributed by atoms with Crippen molar-refractivity contribution in [1.82, 2.24) is 14.7 Å². The molecule has 0 aliphatic heterocycles. The minimum absolute atomic E-state index is 0.0775. The smallest absolute Gasteiger partial charge is 0.227 e. The first-order valence-corrected chi connectivity index (χ1v) is 12.6. The van der Waals surface area contributed by atoms with Gasteiger partial charge in [-0.2, -0.15) is 5.10 Å². The second kappa shape index (κ2) is 12.8. The number of aryl methyl sites for hydroxylation is 1. The van der Waals surface area contributed by atoms with Gasteiger partial charge in [0.15, 0.2) is 11.6 Å². The van der Waals surface area contributed by atoms with Gasteiger partial charge in [-0.05, 0) is 50.6 Å². The lowest BCUT2D eigenvalue weighted by Crippen LogP contribution is -2.39. The Bertz CT molecular complexity index is 1310. The minimum Gasteiger partial charge on any atom is -0.435 e. The lowest BCUT2D eigenvalue weighted by molar-refractivity contribution is 0.00300. The van der Waals surface area contributed by atoms with Crippen LogP contribution in [0.1, 0.15) is 30.7 Å². The van der Waals surface area contributed by atoms with Crippen LogP contribution in [0.3, 0.4) is 0 Å². The van der Waals surface area contributed by atoms with Crippen LogP contribution >= 0.6 is 0 Å². The molecule has 1 heterocycles. The van der Waals surface area contributed by atoms with Crippen molar-refractivity contribution in [3.8, 4) is 17.3 Å². The van der Waals surface area contributed by atoms with E-state index >= 15 is 0 Å². The topological polar surface area (TPSA) is 59.8 Å². The SMILES string of the molecule is Cc1nn(-c2ccccc2)c(Oc2ccc(F)cc2F)c1CN(C[C@@H](O)COCc1ccccc1)C(C)C. The molecule has 6 nitrogen and oxygen atoms in total. The van der Waals surface area contributed by atoms with Crippen LogP contribution < -0.4 is 4.74 Å². The third kappa shape index (κ3) is 7.04. The molecule has 38 heavy (non-hydrogen) atoms. The third-order valence-electron chi connectivity index (χ3n) is 6.20. The normalized spacial score (nSPS) is 12.3. The molecular formula is C30H33F2N3O3. The van der Waals surface area contributed by atoms with Crippen LogP contribution in [0.2, 0.25) is 0 Å². The van der Waals surface area contributed by atoms with E-state index in [9.17, 15) is 13.9 Å². The largest absolute Gasteiger partial charge is 0.435 e. The van der Waals surface area contributed by atoms with Crippen LogP contribution in [0.15, 0.2) is 78.9 Å². The minimum atomic E-state index is -0.805. The predicted molar refractivity (Wildman–Crippen MR) is 142 cm³/mol. The maximum absolute atomic E-state index is 14.6. The molecule has 0 amide bonds. The number of benzene rings is 3. The molecule has 0 fully saturated rings. The van der Waals surface area contributed by atoms with E-state index in [1.54, 1.807) is 4.68 Å². The number of rotatable bonds is 12. The number of ether oxygens (including phenoxy) is 2. The van der Waals surface area contributed by atoms with Gasteiger partial charge in [0.25, 0.3) is 0 Å². The summed E-state index contributed by atoms with van der Waals surface area (Å²) < 4.78 is 41.5. The fourth-order valence-electron chi connectivity index (χ4n) is 4.10. The van der Waals surface area contributed by atoms with Gasteiger partial charge in [-0.25, -0.2) is 13.5 Å². The Labute approximate surface area is 222 Å². The fourth-order valence-corrected chi connectivity index (χ4v) is 4.10. The number of aliphatic hydroxyl groups is 1. The summed E-state index contributed by atoms with van der Waals surface area (Å²) >= 11 is 0. The Balaban J connectivity index is 1.56. The highest BCUT2D eigenvalue weighted by molar-refractivity contribution is 5.43. The van der Waals surface area contributed by atoms with Crippen LogP contribution in [-0.4, -0.2) is 45.1 Å². The van der Waals surface area contributed by atoms with E-state index in [2.05, 4.69) is 10.00 Å². The van der Waals surface area contributed by atoms with E-state index in [1.807, 2.05) is 81.4 Å². The summed E-state index contributed by atoms with van der Waals surface area (Å²) in [6.07, 6.45) is -0.718. The van der Waals surface area contributed by atoms with Gasteiger partial charge in [0.2, 0.25) is 5.88 Å². The molecule has 0 spiro atoms. The molecule has 0 aliphatic rings. The molecule has 0 bridgehead atoms. The molecule has 1 N–H and O–H groups in total. The Morgan fingerprint density at radius 1 is 0.974 bits per heavy atom. The monoisotopic (exact) mass is 521 g/mol. The first kappa shape index (κ1) is 27.4. The van der Waals surface area contributed by atoms with Crippen molar-refractivity contribution in [3.05, 3.63) is 107 Å². The molecular weight excluding hydrogens is 488 g/mol. The van der Waals surface area contributed by atoms with Crippen LogP contribution in [0.25, 0.3) is 5.69 Å². The van der Waals surface area contributed by atoms with E-state index in [0.717, 1.165) is 28.9 Å². The highest BCUT2D eigenvalue weighted by atomic mass is 19.1. The molecule has 1 atom stereocenters. The summed E-state index contributed by atoms with van der Waals surface area (Å²) in [5.41, 5.74) is 3.22. The number of hydrogen-bond donors (Lipinski definition) is 1. The first-order chi connectivity index (χ1) is 18.3. The molecule has 4 aromatic rings. The molecule has 0 saturated carbocycles. The Hall–Kier alpha value is -3.59. The number of para-hydroxylation sites is 1. The lowest BCUT2D eigenvalue weighted by atomic mass is 10.2. The number of nitrogens with zero attached hydrogens (tertiary/aromatic N) is 3. The van der Waals surface area contributed by atoms with Gasteiger partial charge in [0.1, 0.15) is 5.82 Å². The highest BCUT2D eigenvalue weighted by Gasteiger charge is 2.24. The second-order valence-electron chi connectivity index (χ2n) is 9.47. The number of hydrogen-bond acceptors (Lipinski definition) is 5. The van der Waals surface area contributed by atoms with Crippen LogP contribution in [0.5, 0.6) is 11.6 Å². The summed E-state index contributed by atoms with van der Waals surface area (Å²) in [6.45, 7) is 7.29. The molecule has 4 rings (SSSR count). The zero-order valence-corrected chi connectivity index (χ0v) is 21.8. The Kier molecular flexibility index (Phi) is 9.23. The second-order valence-corrected chi connectivity index (χ2v) is 9.47. The number of aromatic nitrogens is 2. The zero-order valence-electron chi connectivity index (χ0n) is 21.8. The zero-order chi connectivity index (χ0) is 27.1. The standard InChI is InChI=1S/C30H33F2N3O3/c1-21(2)34(17-26(36)20-37-19-23-10-6-4-7-11-23)18-27-22(3)33-35(25-12-8-5-9-13-25)30(27)38-29-15-14-24(31)16-28(29)32/h4-16,21,26,36H,17-20H2,1-3H3/t26-/m1/s1. The van der Waals surface area contributed by atoms with Crippen molar-refractivity contribution in [3.63, 3.8) is 0 Å². The fraction of sp³-hybridized carbons (Fsp3) is 0.300. The summed E-state index contributed by atoms with van der Waals surface area (Å²) in [5.74, 6) is -1.26. The van der Waals surface area contributed by atoms with Crippen LogP contribution in [0.4, 0.5) is 8.78 Å². The van der Waals surface area contributed by atoms with Crippen molar-refractivity contribution in [1.29, 1.82) is 0 Å². The molecule has 8 heteroatoms. The molecule has 3 aromatic carbocycles. The molecule has 1 aromatic heterocycles. The maximum Gasteiger partial charge on any atom is 0.227 e. The number of halogens is 2. The maximum atomic E-state index is 14.6. The highest BCUT2D eigenvalue weighted by Crippen LogP contribution is 2.33. The quantitative estimate of drug-likeness (QED) is 0.246. The van der Waals surface area contributed by atoms with Gasteiger partial charge < -0.3 is 14.6 Å². The van der Waals surface area contributed by atoms with Crippen molar-refractivity contribution < 1.29 is 23.4 Å².